The summed E-state index contributed by atoms with van der Waals surface area (Å²) in [6.07, 6.45) is -0.666. The molecule has 0 saturated carbocycles. The molecule has 0 unspecified atom stereocenters. The van der Waals surface area contributed by atoms with Gasteiger partial charge >= 0.3 is 5.97 Å². The summed E-state index contributed by atoms with van der Waals surface area (Å²) in [4.78, 5) is 22.7. The molecule has 0 aliphatic carbocycles. The van der Waals surface area contributed by atoms with E-state index in [4.69, 9.17) is 26.7 Å². The maximum absolute atomic E-state index is 12.1. The highest BCUT2D eigenvalue weighted by molar-refractivity contribution is 6.30. The van der Waals surface area contributed by atoms with E-state index in [0.29, 0.717) is 10.8 Å². The maximum Gasteiger partial charge on any atom is 0.303 e. The van der Waals surface area contributed by atoms with E-state index in [2.05, 4.69) is 0 Å². The monoisotopic (exact) mass is 345 g/mol. The van der Waals surface area contributed by atoms with Crippen LogP contribution in [0.2, 0.25) is 5.02 Å². The Bertz CT molecular complexity index is 824. The zero-order valence-electron chi connectivity index (χ0n) is 12.3. The van der Waals surface area contributed by atoms with Crippen LogP contribution in [0.4, 0.5) is 0 Å². The molecule has 0 aliphatic rings. The first kappa shape index (κ1) is 17.3. The Balaban J connectivity index is 2.34. The Morgan fingerprint density at radius 2 is 1.79 bits per heavy atom. The van der Waals surface area contributed by atoms with Crippen LogP contribution < -0.4 is 4.74 Å². The van der Waals surface area contributed by atoms with Crippen LogP contribution >= 0.6 is 11.6 Å². The third-order valence-electron chi connectivity index (χ3n) is 3.12. The van der Waals surface area contributed by atoms with Crippen molar-refractivity contribution < 1.29 is 24.5 Å². The number of rotatable bonds is 6. The molecule has 2 aromatic carbocycles. The first-order valence-corrected chi connectivity index (χ1v) is 7.24. The van der Waals surface area contributed by atoms with Gasteiger partial charge in [0.25, 0.3) is 0 Å². The van der Waals surface area contributed by atoms with E-state index in [9.17, 15) is 14.7 Å². The molecule has 0 aromatic heterocycles. The molecule has 0 radical (unpaired) electrons. The van der Waals surface area contributed by atoms with E-state index in [1.54, 1.807) is 30.3 Å². The number of phenolic OH excluding ortho intramolecular Hbond substituents is 1. The Kier molecular flexibility index (Phi) is 5.40. The molecule has 0 bridgehead atoms. The van der Waals surface area contributed by atoms with Crippen molar-refractivity contribution in [3.05, 3.63) is 52.5 Å². The SMILES string of the molecule is N#Cc1cc(Oc2ccc(Cl)cc2)cc(C(=O)CCC(=O)O)c1O. The maximum atomic E-state index is 12.1. The number of ether oxygens (including phenoxy) is 1. The van der Waals surface area contributed by atoms with Gasteiger partial charge in [-0.25, -0.2) is 0 Å². The lowest BCUT2D eigenvalue weighted by molar-refractivity contribution is -0.136. The van der Waals surface area contributed by atoms with Gasteiger partial charge in [0.2, 0.25) is 0 Å². The fourth-order valence-corrected chi connectivity index (χ4v) is 2.08. The van der Waals surface area contributed by atoms with E-state index >= 15 is 0 Å². The van der Waals surface area contributed by atoms with E-state index in [-0.39, 0.29) is 29.7 Å². The van der Waals surface area contributed by atoms with Gasteiger partial charge < -0.3 is 14.9 Å². The number of carbonyl (C=O) groups excluding carboxylic acids is 1. The second kappa shape index (κ2) is 7.49. The quantitative estimate of drug-likeness (QED) is 0.772. The van der Waals surface area contributed by atoms with E-state index < -0.39 is 17.5 Å². The number of hydrogen-bond donors (Lipinski definition) is 2. The number of aliphatic carboxylic acids is 1. The van der Waals surface area contributed by atoms with Crippen molar-refractivity contribution in [1.29, 1.82) is 5.26 Å². The van der Waals surface area contributed by atoms with Crippen molar-refractivity contribution in [2.45, 2.75) is 12.8 Å². The number of carboxylic acids is 1. The Morgan fingerprint density at radius 1 is 1.12 bits per heavy atom. The second-order valence-electron chi connectivity index (χ2n) is 4.85. The van der Waals surface area contributed by atoms with Crippen molar-refractivity contribution in [2.75, 3.05) is 0 Å². The molecule has 0 amide bonds. The number of carboxylic acid groups (broad SMARTS) is 1. The first-order valence-electron chi connectivity index (χ1n) is 6.86. The van der Waals surface area contributed by atoms with Gasteiger partial charge in [0.15, 0.2) is 5.78 Å². The molecular formula is C17H12ClNO5. The highest BCUT2D eigenvalue weighted by Gasteiger charge is 2.18. The molecule has 0 fully saturated rings. The largest absolute Gasteiger partial charge is 0.506 e. The van der Waals surface area contributed by atoms with Crippen LogP contribution in [0.15, 0.2) is 36.4 Å². The van der Waals surface area contributed by atoms with Crippen LogP contribution in [0, 0.1) is 11.3 Å². The van der Waals surface area contributed by atoms with E-state index in [0.717, 1.165) is 0 Å². The molecule has 6 nitrogen and oxygen atoms in total. The van der Waals surface area contributed by atoms with Gasteiger partial charge in [-0.3, -0.25) is 9.59 Å². The van der Waals surface area contributed by atoms with Crippen LogP contribution in [0.25, 0.3) is 0 Å². The molecule has 0 spiro atoms. The van der Waals surface area contributed by atoms with Crippen molar-refractivity contribution in [2.24, 2.45) is 0 Å². The average molecular weight is 346 g/mol. The number of hydrogen-bond acceptors (Lipinski definition) is 5. The van der Waals surface area contributed by atoms with Crippen LogP contribution in [0.3, 0.4) is 0 Å². The summed E-state index contributed by atoms with van der Waals surface area (Å²) in [5.41, 5.74) is -0.292. The number of nitriles is 1. The van der Waals surface area contributed by atoms with Gasteiger partial charge in [-0.15, -0.1) is 0 Å². The summed E-state index contributed by atoms with van der Waals surface area (Å²) in [6, 6.07) is 10.8. The highest BCUT2D eigenvalue weighted by atomic mass is 35.5. The van der Waals surface area contributed by atoms with Crippen LogP contribution in [-0.4, -0.2) is 22.0 Å². The number of phenols is 1. The molecule has 0 heterocycles. The standard InChI is InChI=1S/C17H12ClNO5/c18-11-1-3-12(4-2-11)24-13-7-10(9-19)17(23)14(8-13)15(20)5-6-16(21)22/h1-4,7-8,23H,5-6H2,(H,21,22). The van der Waals surface area contributed by atoms with Gasteiger partial charge in [0, 0.05) is 17.5 Å². The second-order valence-corrected chi connectivity index (χ2v) is 5.29. The number of aromatic hydroxyl groups is 1. The number of carbonyl (C=O) groups is 2. The van der Waals surface area contributed by atoms with Gasteiger partial charge in [-0.2, -0.15) is 5.26 Å². The van der Waals surface area contributed by atoms with Crippen molar-refractivity contribution in [3.63, 3.8) is 0 Å². The van der Waals surface area contributed by atoms with Gasteiger partial charge in [-0.1, -0.05) is 11.6 Å². The molecule has 2 rings (SSSR count). The topological polar surface area (TPSA) is 108 Å². The molecule has 0 atom stereocenters. The minimum absolute atomic E-state index is 0.139. The van der Waals surface area contributed by atoms with E-state index in [1.165, 1.54) is 12.1 Å². The number of benzene rings is 2. The molecule has 0 saturated heterocycles. The van der Waals surface area contributed by atoms with Crippen molar-refractivity contribution in [1.82, 2.24) is 0 Å². The number of halogens is 1. The van der Waals surface area contributed by atoms with Crippen LogP contribution in [0.5, 0.6) is 17.2 Å². The van der Waals surface area contributed by atoms with Gasteiger partial charge in [0.1, 0.15) is 23.3 Å². The lowest BCUT2D eigenvalue weighted by Crippen LogP contribution is -2.05. The number of Topliss-reactive ketones (excluding diaryl/α,β-unsaturated/α-hetero) is 1. The minimum atomic E-state index is -1.13. The van der Waals surface area contributed by atoms with Gasteiger partial charge in [0.05, 0.1) is 17.5 Å². The third-order valence-corrected chi connectivity index (χ3v) is 3.37. The minimum Gasteiger partial charge on any atom is -0.506 e. The molecular weight excluding hydrogens is 334 g/mol. The zero-order chi connectivity index (χ0) is 17.7. The summed E-state index contributed by atoms with van der Waals surface area (Å²) in [5, 5.41) is 28.2. The lowest BCUT2D eigenvalue weighted by atomic mass is 10.0. The Morgan fingerprint density at radius 3 is 2.38 bits per heavy atom. The molecule has 7 heteroatoms. The fourth-order valence-electron chi connectivity index (χ4n) is 1.96. The summed E-state index contributed by atoms with van der Waals surface area (Å²) >= 11 is 5.79. The fraction of sp³-hybridized carbons (Fsp3) is 0.118. The van der Waals surface area contributed by atoms with Gasteiger partial charge in [-0.05, 0) is 30.3 Å². The van der Waals surface area contributed by atoms with E-state index in [1.807, 2.05) is 0 Å². The van der Waals surface area contributed by atoms with Crippen LogP contribution in [0.1, 0.15) is 28.8 Å². The van der Waals surface area contributed by atoms with Crippen molar-refractivity contribution >= 4 is 23.4 Å². The zero-order valence-corrected chi connectivity index (χ0v) is 13.1. The third kappa shape index (κ3) is 4.24. The molecule has 2 aromatic rings. The Hall–Kier alpha value is -3.04. The normalized spacial score (nSPS) is 10.0. The summed E-state index contributed by atoms with van der Waals surface area (Å²) in [5.74, 6) is -1.61. The highest BCUT2D eigenvalue weighted by Crippen LogP contribution is 2.32. The number of nitrogens with zero attached hydrogens (tertiary/aromatic N) is 1. The molecule has 122 valence electrons. The summed E-state index contributed by atoms with van der Waals surface area (Å²) in [6.45, 7) is 0. The van der Waals surface area contributed by atoms with Crippen LogP contribution in [-0.2, 0) is 4.79 Å². The predicted octanol–water partition coefficient (Wildman–Crippen LogP) is 3.76. The number of ketones is 1. The Labute approximate surface area is 142 Å². The molecule has 0 aliphatic heterocycles. The smallest absolute Gasteiger partial charge is 0.303 e. The summed E-state index contributed by atoms with van der Waals surface area (Å²) in [7, 11) is 0. The molecule has 2 N–H and O–H groups in total. The molecule has 24 heavy (non-hydrogen) atoms. The lowest BCUT2D eigenvalue weighted by Gasteiger charge is -2.10. The predicted molar refractivity (Wildman–Crippen MR) is 85.5 cm³/mol. The first-order chi connectivity index (χ1) is 11.4. The van der Waals surface area contributed by atoms with Crippen molar-refractivity contribution in [3.8, 4) is 23.3 Å². The summed E-state index contributed by atoms with van der Waals surface area (Å²) < 4.78 is 5.56. The average Bonchev–Trinajstić information content (AvgIpc) is 2.56.